The third-order valence-corrected chi connectivity index (χ3v) is 2.07. The van der Waals surface area contributed by atoms with E-state index in [9.17, 15) is 0 Å². The summed E-state index contributed by atoms with van der Waals surface area (Å²) in [6.45, 7) is 4.14. The van der Waals surface area contributed by atoms with Crippen LogP contribution in [0.15, 0.2) is 21.2 Å². The fourth-order valence-electron chi connectivity index (χ4n) is 0.836. The lowest BCUT2D eigenvalue weighted by Crippen LogP contribution is -2.15. The van der Waals surface area contributed by atoms with Crippen LogP contribution in [0.2, 0.25) is 0 Å². The number of halogens is 1. The molecule has 0 aliphatic carbocycles. The minimum Gasteiger partial charge on any atom is -0.453 e. The fraction of sp³-hybridized carbons (Fsp3) is 0.500. The Bertz CT molecular complexity index is 232. The van der Waals surface area contributed by atoms with Gasteiger partial charge in [0.2, 0.25) is 0 Å². The monoisotopic (exact) mass is 217 g/mol. The number of hydrogen-bond acceptors (Lipinski definition) is 2. The fourth-order valence-corrected chi connectivity index (χ4v) is 1.16. The molecule has 1 unspecified atom stereocenters. The summed E-state index contributed by atoms with van der Waals surface area (Å²) in [6.07, 6.45) is 0. The molecule has 0 saturated carbocycles. The Labute approximate surface area is 74.9 Å². The van der Waals surface area contributed by atoms with Gasteiger partial charge in [0.15, 0.2) is 4.67 Å². The molecule has 0 spiro atoms. The van der Waals surface area contributed by atoms with E-state index < -0.39 is 0 Å². The van der Waals surface area contributed by atoms with Crippen LogP contribution in [-0.2, 0) is 0 Å². The van der Waals surface area contributed by atoms with Crippen LogP contribution in [-0.4, -0.2) is 0 Å². The van der Waals surface area contributed by atoms with E-state index in [1.54, 1.807) is 0 Å². The largest absolute Gasteiger partial charge is 0.453 e. The second kappa shape index (κ2) is 3.41. The van der Waals surface area contributed by atoms with Crippen molar-refractivity contribution in [3.05, 3.63) is 22.6 Å². The number of rotatable bonds is 2. The molecule has 0 saturated heterocycles. The maximum Gasteiger partial charge on any atom is 0.169 e. The summed E-state index contributed by atoms with van der Waals surface area (Å²) < 4.78 is 6.04. The van der Waals surface area contributed by atoms with E-state index in [0.717, 1.165) is 10.4 Å². The normalized spacial score (nSPS) is 13.9. The SMILES string of the molecule is CC(C)C(N)c1ccc(Br)o1. The van der Waals surface area contributed by atoms with Crippen LogP contribution in [0.1, 0.15) is 25.6 Å². The quantitative estimate of drug-likeness (QED) is 0.828. The van der Waals surface area contributed by atoms with Gasteiger partial charge >= 0.3 is 0 Å². The van der Waals surface area contributed by atoms with Gasteiger partial charge in [-0.2, -0.15) is 0 Å². The summed E-state index contributed by atoms with van der Waals surface area (Å²) in [6, 6.07) is 3.76. The van der Waals surface area contributed by atoms with E-state index in [-0.39, 0.29) is 6.04 Å². The maximum atomic E-state index is 5.84. The van der Waals surface area contributed by atoms with Crippen LogP contribution in [0.3, 0.4) is 0 Å². The molecule has 1 rings (SSSR count). The first kappa shape index (κ1) is 8.81. The van der Waals surface area contributed by atoms with Gasteiger partial charge in [0.05, 0.1) is 6.04 Å². The number of nitrogens with two attached hydrogens (primary N) is 1. The molecule has 0 amide bonds. The van der Waals surface area contributed by atoms with Gasteiger partial charge in [0.25, 0.3) is 0 Å². The number of hydrogen-bond donors (Lipinski definition) is 1. The molecule has 0 aliphatic rings. The molecule has 0 bridgehead atoms. The van der Waals surface area contributed by atoms with Crippen molar-refractivity contribution >= 4 is 15.9 Å². The Morgan fingerprint density at radius 2 is 2.09 bits per heavy atom. The topological polar surface area (TPSA) is 39.2 Å². The zero-order valence-corrected chi connectivity index (χ0v) is 8.26. The van der Waals surface area contributed by atoms with Crippen molar-refractivity contribution in [1.29, 1.82) is 0 Å². The summed E-state index contributed by atoms with van der Waals surface area (Å²) in [5.74, 6) is 1.25. The minimum absolute atomic E-state index is 0.00120. The molecule has 2 nitrogen and oxygen atoms in total. The van der Waals surface area contributed by atoms with Gasteiger partial charge in [-0.1, -0.05) is 13.8 Å². The molecule has 2 N–H and O–H groups in total. The van der Waals surface area contributed by atoms with Gasteiger partial charge in [-0.05, 0) is 34.0 Å². The summed E-state index contributed by atoms with van der Waals surface area (Å²) in [5, 5.41) is 0. The van der Waals surface area contributed by atoms with Crippen LogP contribution in [0.25, 0.3) is 0 Å². The van der Waals surface area contributed by atoms with Crippen LogP contribution in [0, 0.1) is 5.92 Å². The van der Waals surface area contributed by atoms with Crippen molar-refractivity contribution in [1.82, 2.24) is 0 Å². The first-order chi connectivity index (χ1) is 5.11. The second-order valence-electron chi connectivity index (χ2n) is 2.91. The molecule has 1 atom stereocenters. The van der Waals surface area contributed by atoms with Crippen LogP contribution < -0.4 is 5.73 Å². The van der Waals surface area contributed by atoms with Gasteiger partial charge in [0, 0.05) is 0 Å². The van der Waals surface area contributed by atoms with Crippen LogP contribution in [0.4, 0.5) is 0 Å². The average Bonchev–Trinajstić information content (AvgIpc) is 2.34. The van der Waals surface area contributed by atoms with Gasteiger partial charge in [-0.15, -0.1) is 0 Å². The van der Waals surface area contributed by atoms with Crippen molar-refractivity contribution in [3.8, 4) is 0 Å². The lowest BCUT2D eigenvalue weighted by Gasteiger charge is -2.11. The lowest BCUT2D eigenvalue weighted by molar-refractivity contribution is 0.393. The van der Waals surface area contributed by atoms with Crippen molar-refractivity contribution in [2.75, 3.05) is 0 Å². The molecular weight excluding hydrogens is 206 g/mol. The van der Waals surface area contributed by atoms with E-state index in [4.69, 9.17) is 10.2 Å². The lowest BCUT2D eigenvalue weighted by atomic mass is 10.0. The van der Waals surface area contributed by atoms with E-state index in [2.05, 4.69) is 29.8 Å². The molecule has 3 heteroatoms. The Hall–Kier alpha value is -0.280. The first-order valence-corrected chi connectivity index (χ1v) is 4.41. The van der Waals surface area contributed by atoms with Crippen LogP contribution in [0.5, 0.6) is 0 Å². The third-order valence-electron chi connectivity index (χ3n) is 1.64. The maximum absolute atomic E-state index is 5.84. The minimum atomic E-state index is 0.00120. The molecule has 1 heterocycles. The van der Waals surface area contributed by atoms with Crippen molar-refractivity contribution in [2.24, 2.45) is 11.7 Å². The Morgan fingerprint density at radius 1 is 1.45 bits per heavy atom. The third kappa shape index (κ3) is 2.07. The highest BCUT2D eigenvalue weighted by molar-refractivity contribution is 9.10. The number of furan rings is 1. The average molecular weight is 218 g/mol. The molecule has 1 aromatic rings. The standard InChI is InChI=1S/C8H12BrNO/c1-5(2)8(10)6-3-4-7(9)11-6/h3-5,8H,10H2,1-2H3. The molecular formula is C8H12BrNO. The van der Waals surface area contributed by atoms with Gasteiger partial charge in [-0.25, -0.2) is 0 Å². The smallest absolute Gasteiger partial charge is 0.169 e. The van der Waals surface area contributed by atoms with E-state index in [1.807, 2.05) is 12.1 Å². The summed E-state index contributed by atoms with van der Waals surface area (Å²) in [5.41, 5.74) is 5.84. The van der Waals surface area contributed by atoms with E-state index >= 15 is 0 Å². The van der Waals surface area contributed by atoms with E-state index in [1.165, 1.54) is 0 Å². The predicted molar refractivity (Wildman–Crippen MR) is 48.2 cm³/mol. The highest BCUT2D eigenvalue weighted by Gasteiger charge is 2.13. The van der Waals surface area contributed by atoms with Gasteiger partial charge in [0.1, 0.15) is 5.76 Å². The van der Waals surface area contributed by atoms with Crippen molar-refractivity contribution in [2.45, 2.75) is 19.9 Å². The predicted octanol–water partition coefficient (Wildman–Crippen LogP) is 2.70. The highest BCUT2D eigenvalue weighted by Crippen LogP contribution is 2.23. The Morgan fingerprint density at radius 3 is 2.45 bits per heavy atom. The Kier molecular flexibility index (Phi) is 2.73. The zero-order valence-electron chi connectivity index (χ0n) is 6.67. The van der Waals surface area contributed by atoms with Crippen molar-refractivity contribution < 1.29 is 4.42 Å². The van der Waals surface area contributed by atoms with E-state index in [0.29, 0.717) is 5.92 Å². The highest BCUT2D eigenvalue weighted by atomic mass is 79.9. The van der Waals surface area contributed by atoms with Gasteiger partial charge < -0.3 is 10.2 Å². The molecule has 1 aromatic heterocycles. The van der Waals surface area contributed by atoms with Gasteiger partial charge in [-0.3, -0.25) is 0 Å². The summed E-state index contributed by atoms with van der Waals surface area (Å²) in [4.78, 5) is 0. The molecule has 62 valence electrons. The molecule has 0 fully saturated rings. The summed E-state index contributed by atoms with van der Waals surface area (Å²) >= 11 is 3.23. The summed E-state index contributed by atoms with van der Waals surface area (Å²) in [7, 11) is 0. The second-order valence-corrected chi connectivity index (χ2v) is 3.69. The van der Waals surface area contributed by atoms with Crippen molar-refractivity contribution in [3.63, 3.8) is 0 Å². The molecule has 0 aliphatic heterocycles. The zero-order chi connectivity index (χ0) is 8.43. The molecule has 0 radical (unpaired) electrons. The molecule has 0 aromatic carbocycles. The molecule has 11 heavy (non-hydrogen) atoms. The van der Waals surface area contributed by atoms with Crippen LogP contribution >= 0.6 is 15.9 Å². The first-order valence-electron chi connectivity index (χ1n) is 3.62. The Balaban J connectivity index is 2.76.